The Bertz CT molecular complexity index is 382. The summed E-state index contributed by atoms with van der Waals surface area (Å²) < 4.78 is 0. The molecule has 0 saturated heterocycles. The summed E-state index contributed by atoms with van der Waals surface area (Å²) in [5, 5.41) is 0. The third kappa shape index (κ3) is 10.6. The fourth-order valence-corrected chi connectivity index (χ4v) is 7.94. The average Bonchev–Trinajstić information content (AvgIpc) is 3.22. The van der Waals surface area contributed by atoms with E-state index in [1.165, 1.54) is 24.9 Å². The van der Waals surface area contributed by atoms with Crippen LogP contribution in [0.15, 0.2) is 12.7 Å². The summed E-state index contributed by atoms with van der Waals surface area (Å²) in [4.78, 5) is 5.09. The minimum atomic E-state index is -1.67. The second kappa shape index (κ2) is 12.6. The Kier molecular flexibility index (Phi) is 13.2. The number of allylic oxidation sites excluding steroid dienone is 1. The molecule has 0 bridgehead atoms. The van der Waals surface area contributed by atoms with Gasteiger partial charge in [-0.15, -0.1) is 12.1 Å². The first-order valence-electron chi connectivity index (χ1n) is 8.96. The second-order valence-corrected chi connectivity index (χ2v) is 17.2. The minimum absolute atomic E-state index is 0.0568. The Morgan fingerprint density at radius 1 is 0.962 bits per heavy atom. The van der Waals surface area contributed by atoms with Gasteiger partial charge in [0, 0.05) is 0 Å². The fraction of sp³-hybridized carbons (Fsp3) is 0.429. The summed E-state index contributed by atoms with van der Waals surface area (Å²) >= 11 is 1.47. The quantitative estimate of drug-likeness (QED) is 0.329. The van der Waals surface area contributed by atoms with Gasteiger partial charge in [0.15, 0.2) is 0 Å². The van der Waals surface area contributed by atoms with Crippen LogP contribution in [0.4, 0.5) is 0 Å². The zero-order chi connectivity index (χ0) is 20.4. The van der Waals surface area contributed by atoms with Crippen LogP contribution in [0.3, 0.4) is 0 Å². The van der Waals surface area contributed by atoms with E-state index in [0.29, 0.717) is 0 Å². The van der Waals surface area contributed by atoms with Gasteiger partial charge in [0.05, 0.1) is 8.07 Å². The molecule has 0 spiro atoms. The zero-order valence-electron chi connectivity index (χ0n) is 17.4. The molecule has 0 heterocycles. The molecule has 140 valence electrons. The van der Waals surface area contributed by atoms with Gasteiger partial charge in [0.25, 0.3) is 0 Å². The first kappa shape index (κ1) is 27.1. The van der Waals surface area contributed by atoms with Crippen molar-refractivity contribution in [3.05, 3.63) is 80.1 Å². The predicted molar refractivity (Wildman–Crippen MR) is 120 cm³/mol. The van der Waals surface area contributed by atoms with E-state index in [9.17, 15) is 0 Å². The Balaban J connectivity index is 0.000000749. The zero-order valence-corrected chi connectivity index (χ0v) is 21.8. The molecule has 2 aliphatic rings. The normalized spacial score (nSPS) is 19.5. The van der Waals surface area contributed by atoms with Gasteiger partial charge in [0.1, 0.15) is 0 Å². The molecule has 0 aromatic heterocycles. The molecule has 0 amide bonds. The molecule has 26 heavy (non-hydrogen) atoms. The Morgan fingerprint density at radius 2 is 1.38 bits per heavy atom. The SMILES string of the molecule is C=CC[Si](C)(C)[C]1[CH][CH][C]([Si](C)(C)[N-]C(C)(C)C)[CH]1.[CH]1[CH][CH][CH][CH]1.[Cl][Ti+3]. The van der Waals surface area contributed by atoms with Gasteiger partial charge in [-0.25, -0.2) is 0 Å². The van der Waals surface area contributed by atoms with Crippen LogP contribution in [0.1, 0.15) is 20.8 Å². The number of halogens is 1. The average molecular weight is 440 g/mol. The van der Waals surface area contributed by atoms with E-state index < -0.39 is 16.3 Å². The van der Waals surface area contributed by atoms with Crippen LogP contribution in [0.2, 0.25) is 32.2 Å². The van der Waals surface area contributed by atoms with Crippen molar-refractivity contribution in [2.75, 3.05) is 0 Å². The van der Waals surface area contributed by atoms with Gasteiger partial charge in [-0.1, -0.05) is 61.3 Å². The molecule has 0 aromatic carbocycles. The molecular formula is C21H34ClNSi2Ti+2. The molecule has 0 aromatic rings. The Hall–Kier alpha value is 1.14. The van der Waals surface area contributed by atoms with Gasteiger partial charge in [0.2, 0.25) is 0 Å². The van der Waals surface area contributed by atoms with E-state index in [-0.39, 0.29) is 5.54 Å². The summed E-state index contributed by atoms with van der Waals surface area (Å²) in [5.41, 5.74) is 3.08. The van der Waals surface area contributed by atoms with Crippen molar-refractivity contribution in [1.82, 2.24) is 0 Å². The van der Waals surface area contributed by atoms with Crippen molar-refractivity contribution in [3.63, 3.8) is 0 Å². The summed E-state index contributed by atoms with van der Waals surface area (Å²) in [7, 11) is 1.63. The predicted octanol–water partition coefficient (Wildman–Crippen LogP) is 6.82. The van der Waals surface area contributed by atoms with Crippen molar-refractivity contribution in [1.29, 1.82) is 0 Å². The van der Waals surface area contributed by atoms with Gasteiger partial charge >= 0.3 is 28.7 Å². The van der Waals surface area contributed by atoms with Crippen LogP contribution in [-0.2, 0) is 19.4 Å². The van der Waals surface area contributed by atoms with E-state index in [4.69, 9.17) is 4.98 Å². The molecular weight excluding hydrogens is 406 g/mol. The third-order valence-electron chi connectivity index (χ3n) is 4.07. The second-order valence-electron chi connectivity index (χ2n) is 8.57. The van der Waals surface area contributed by atoms with Gasteiger partial charge < -0.3 is 4.98 Å². The fourth-order valence-electron chi connectivity index (χ4n) is 2.95. The Morgan fingerprint density at radius 3 is 1.77 bits per heavy atom. The molecule has 2 saturated carbocycles. The van der Waals surface area contributed by atoms with Gasteiger partial charge in [-0.05, 0) is 68.5 Å². The van der Waals surface area contributed by atoms with Crippen molar-refractivity contribution in [2.45, 2.75) is 58.5 Å². The summed E-state index contributed by atoms with van der Waals surface area (Å²) in [5.74, 6) is 0. The third-order valence-corrected chi connectivity index (χ3v) is 10.2. The maximum absolute atomic E-state index is 5.09. The molecule has 2 fully saturated rings. The number of hydrogen-bond acceptors (Lipinski definition) is 0. The van der Waals surface area contributed by atoms with Gasteiger partial charge in [-0.3, -0.25) is 0 Å². The van der Waals surface area contributed by atoms with Crippen LogP contribution in [0, 0.1) is 62.4 Å². The number of hydrogen-bond donors (Lipinski definition) is 0. The molecule has 0 aliphatic heterocycles. The van der Waals surface area contributed by atoms with Gasteiger partial charge in [-0.2, -0.15) is 0 Å². The maximum atomic E-state index is 5.09. The molecule has 0 N–H and O–H groups in total. The standard InChI is InChI=1S/C16H29NSi2.C5H5.ClH.Ti/c1-9-12-18(5,6)14-10-11-15(13-14)19(7,8)17-16(2,3)4;1-2-4-5-3-1;;/h9-11,13H,1,12H2,2-8H3;1-5H;1H;/q-1;;;+4/p-1. The van der Waals surface area contributed by atoms with E-state index in [0.717, 1.165) is 6.04 Å². The molecule has 0 atom stereocenters. The van der Waals surface area contributed by atoms with Crippen molar-refractivity contribution in [3.8, 4) is 0 Å². The molecule has 5 heteroatoms. The first-order valence-corrected chi connectivity index (χ1v) is 17.3. The van der Waals surface area contributed by atoms with Crippen molar-refractivity contribution < 1.29 is 19.4 Å². The van der Waals surface area contributed by atoms with Crippen LogP contribution in [0.25, 0.3) is 4.98 Å². The van der Waals surface area contributed by atoms with Crippen LogP contribution in [0.5, 0.6) is 0 Å². The molecule has 0 unspecified atom stereocenters. The summed E-state index contributed by atoms with van der Waals surface area (Å²) in [6, 6.07) is 1.15. The van der Waals surface area contributed by atoms with Crippen LogP contribution < -0.4 is 0 Å². The molecule has 10 radical (unpaired) electrons. The summed E-state index contributed by atoms with van der Waals surface area (Å²) in [6.45, 7) is 20.0. The van der Waals surface area contributed by atoms with Crippen LogP contribution >= 0.6 is 9.30 Å². The topological polar surface area (TPSA) is 14.1 Å². The Labute approximate surface area is 182 Å². The van der Waals surface area contributed by atoms with E-state index in [1.807, 2.05) is 32.1 Å². The molecule has 2 rings (SSSR count). The summed E-state index contributed by atoms with van der Waals surface area (Å²) in [6.07, 6.45) is 19.1. The monoisotopic (exact) mass is 439 g/mol. The number of rotatable bonds is 5. The van der Waals surface area contributed by atoms with E-state index in [2.05, 4.69) is 88.2 Å². The molecule has 2 aliphatic carbocycles. The molecule has 1 nitrogen and oxygen atoms in total. The van der Waals surface area contributed by atoms with E-state index >= 15 is 0 Å². The van der Waals surface area contributed by atoms with Crippen molar-refractivity contribution >= 4 is 25.6 Å². The van der Waals surface area contributed by atoms with E-state index in [1.54, 1.807) is 5.54 Å². The van der Waals surface area contributed by atoms with Crippen LogP contribution in [-0.4, -0.2) is 21.8 Å². The van der Waals surface area contributed by atoms with Crippen molar-refractivity contribution in [2.24, 2.45) is 0 Å². The number of nitrogens with zero attached hydrogens (tertiary/aromatic N) is 1. The first-order chi connectivity index (χ1) is 12.0.